The number of rotatable bonds is 6. The highest BCUT2D eigenvalue weighted by Gasteiger charge is 2.10. The number of methoxy groups -OCH3 is 1. The highest BCUT2D eigenvalue weighted by Crippen LogP contribution is 2.17. The molecule has 2 heterocycles. The molecule has 0 radical (unpaired) electrons. The number of thioether (sulfide) groups is 1. The molecule has 3 aromatic rings. The lowest BCUT2D eigenvalue weighted by atomic mass is 10.2. The van der Waals surface area contributed by atoms with Crippen molar-refractivity contribution in [3.63, 3.8) is 0 Å². The summed E-state index contributed by atoms with van der Waals surface area (Å²) in [6.07, 6.45) is 4.47. The van der Waals surface area contributed by atoms with Crippen LogP contribution in [0.5, 0.6) is 0 Å². The van der Waals surface area contributed by atoms with Crippen LogP contribution in [-0.4, -0.2) is 43.9 Å². The molecule has 2 aromatic heterocycles. The zero-order valence-electron chi connectivity index (χ0n) is 13.1. The summed E-state index contributed by atoms with van der Waals surface area (Å²) in [5.74, 6) is -0.466. The van der Waals surface area contributed by atoms with E-state index in [1.54, 1.807) is 35.1 Å². The Morgan fingerprint density at radius 3 is 3.04 bits per heavy atom. The number of carbonyl (C=O) groups is 1. The summed E-state index contributed by atoms with van der Waals surface area (Å²) in [5, 5.41) is 16.5. The molecule has 0 atom stereocenters. The van der Waals surface area contributed by atoms with Gasteiger partial charge in [-0.05, 0) is 12.1 Å². The fourth-order valence-electron chi connectivity index (χ4n) is 1.87. The normalized spacial score (nSPS) is 11.1. The van der Waals surface area contributed by atoms with Crippen LogP contribution in [0.3, 0.4) is 0 Å². The largest absolute Gasteiger partial charge is 0.464 e. The molecule has 1 aromatic carbocycles. The number of benzene rings is 1. The summed E-state index contributed by atoms with van der Waals surface area (Å²) in [4.78, 5) is 11.4. The molecule has 0 aliphatic carbocycles. The van der Waals surface area contributed by atoms with Crippen LogP contribution in [-0.2, 0) is 10.6 Å². The predicted molar refractivity (Wildman–Crippen MR) is 88.8 cm³/mol. The molecule has 0 bridgehead atoms. The molecule has 0 aliphatic rings. The maximum Gasteiger partial charge on any atom is 0.358 e. The van der Waals surface area contributed by atoms with E-state index in [-0.39, 0.29) is 11.5 Å². The van der Waals surface area contributed by atoms with Crippen LogP contribution in [0.15, 0.2) is 53.1 Å². The van der Waals surface area contributed by atoms with Crippen molar-refractivity contribution in [3.8, 4) is 0 Å². The molecule has 0 saturated heterocycles. The third-order valence-electron chi connectivity index (χ3n) is 3.09. The highest BCUT2D eigenvalue weighted by atomic mass is 32.2. The van der Waals surface area contributed by atoms with Gasteiger partial charge in [-0.25, -0.2) is 9.18 Å². The Kier molecular flexibility index (Phi) is 5.19. The number of carbonyl (C=O) groups excluding carboxylic acids is 1. The fourth-order valence-corrected chi connectivity index (χ4v) is 2.59. The summed E-state index contributed by atoms with van der Waals surface area (Å²) in [5.41, 5.74) is 0.587. The number of aromatic nitrogens is 5. The van der Waals surface area contributed by atoms with Gasteiger partial charge in [-0.3, -0.25) is 4.68 Å². The molecule has 0 aliphatic heterocycles. The molecule has 0 unspecified atom stereocenters. The van der Waals surface area contributed by atoms with Gasteiger partial charge in [0.05, 0.1) is 19.2 Å². The van der Waals surface area contributed by atoms with Crippen LogP contribution in [0.25, 0.3) is 0 Å². The summed E-state index contributed by atoms with van der Waals surface area (Å²) in [6.45, 7) is 0. The van der Waals surface area contributed by atoms with Crippen LogP contribution >= 0.6 is 11.8 Å². The summed E-state index contributed by atoms with van der Waals surface area (Å²) in [6, 6.07) is 7.88. The van der Waals surface area contributed by atoms with E-state index in [1.807, 2.05) is 0 Å². The Hall–Kier alpha value is -3.01. The number of hydrogen-bond donors (Lipinski definition) is 0. The third-order valence-corrected chi connectivity index (χ3v) is 4.01. The van der Waals surface area contributed by atoms with Crippen LogP contribution < -0.4 is 0 Å². The van der Waals surface area contributed by atoms with Gasteiger partial charge in [0.1, 0.15) is 12.1 Å². The van der Waals surface area contributed by atoms with Crippen molar-refractivity contribution < 1.29 is 13.9 Å². The second-order valence-corrected chi connectivity index (χ2v) is 5.64. The first-order valence-corrected chi connectivity index (χ1v) is 8.09. The van der Waals surface area contributed by atoms with Crippen LogP contribution in [0.1, 0.15) is 16.1 Å². The lowest BCUT2D eigenvalue weighted by molar-refractivity contribution is 0.0593. The second kappa shape index (κ2) is 7.71. The fraction of sp³-hybridized carbons (Fsp3) is 0.133. The van der Waals surface area contributed by atoms with Gasteiger partial charge >= 0.3 is 5.97 Å². The zero-order valence-corrected chi connectivity index (χ0v) is 13.9. The zero-order chi connectivity index (χ0) is 17.6. The highest BCUT2D eigenvalue weighted by molar-refractivity contribution is 7.98. The van der Waals surface area contributed by atoms with Crippen molar-refractivity contribution in [2.75, 3.05) is 7.11 Å². The van der Waals surface area contributed by atoms with E-state index >= 15 is 0 Å². The molecular weight excluding hydrogens is 347 g/mol. The summed E-state index contributed by atoms with van der Waals surface area (Å²) < 4.78 is 21.2. The Morgan fingerprint density at radius 1 is 1.40 bits per heavy atom. The number of halogens is 1. The lowest BCUT2D eigenvalue weighted by Gasteiger charge is -2.01. The van der Waals surface area contributed by atoms with Crippen LogP contribution in [0.2, 0.25) is 0 Å². The molecule has 0 N–H and O–H groups in total. The van der Waals surface area contributed by atoms with Crippen molar-refractivity contribution >= 4 is 23.9 Å². The molecule has 0 saturated carbocycles. The van der Waals surface area contributed by atoms with Crippen molar-refractivity contribution in [1.82, 2.24) is 24.7 Å². The minimum Gasteiger partial charge on any atom is -0.464 e. The number of nitrogens with zero attached hydrogens (tertiary/aromatic N) is 6. The van der Waals surface area contributed by atoms with E-state index in [1.165, 1.54) is 42.2 Å². The molecule has 0 amide bonds. The van der Waals surface area contributed by atoms with Gasteiger partial charge in [-0.2, -0.15) is 14.9 Å². The number of ether oxygens (including phenoxy) is 1. The lowest BCUT2D eigenvalue weighted by Crippen LogP contribution is -2.04. The Labute approximate surface area is 146 Å². The van der Waals surface area contributed by atoms with E-state index in [9.17, 15) is 9.18 Å². The summed E-state index contributed by atoms with van der Waals surface area (Å²) in [7, 11) is 1.30. The van der Waals surface area contributed by atoms with Crippen molar-refractivity contribution in [2.24, 2.45) is 5.10 Å². The number of hydrogen-bond acceptors (Lipinski definition) is 7. The summed E-state index contributed by atoms with van der Waals surface area (Å²) >= 11 is 1.31. The first kappa shape index (κ1) is 16.8. The molecule has 0 spiro atoms. The molecule has 25 heavy (non-hydrogen) atoms. The maximum absolute atomic E-state index is 13.6. The maximum atomic E-state index is 13.6. The van der Waals surface area contributed by atoms with Gasteiger partial charge in [-0.1, -0.05) is 30.0 Å². The molecule has 0 fully saturated rings. The number of esters is 1. The van der Waals surface area contributed by atoms with Gasteiger partial charge in [0.25, 0.3) is 0 Å². The van der Waals surface area contributed by atoms with Gasteiger partial charge < -0.3 is 4.74 Å². The topological polar surface area (TPSA) is 87.2 Å². The molecule has 3 rings (SSSR count). The average molecular weight is 360 g/mol. The van der Waals surface area contributed by atoms with E-state index in [0.717, 1.165) is 0 Å². The van der Waals surface area contributed by atoms with Crippen molar-refractivity contribution in [2.45, 2.75) is 11.0 Å². The second-order valence-electron chi connectivity index (χ2n) is 4.73. The van der Waals surface area contributed by atoms with E-state index in [0.29, 0.717) is 16.6 Å². The monoisotopic (exact) mass is 360 g/mol. The van der Waals surface area contributed by atoms with Crippen LogP contribution in [0.4, 0.5) is 4.39 Å². The minimum atomic E-state index is -0.499. The Bertz CT molecular complexity index is 907. The van der Waals surface area contributed by atoms with E-state index < -0.39 is 5.97 Å². The standard InChI is InChI=1S/C15H13FN6O2S/c1-24-14(23)13-6-7-21(20-13)10-25-15-19-17-9-22(15)18-8-11-4-2-3-5-12(11)16/h2-9H,10H2,1H3/b18-8-. The third kappa shape index (κ3) is 4.10. The van der Waals surface area contributed by atoms with Crippen LogP contribution in [0, 0.1) is 5.82 Å². The average Bonchev–Trinajstić information content (AvgIpc) is 3.27. The minimum absolute atomic E-state index is 0.224. The Morgan fingerprint density at radius 2 is 2.24 bits per heavy atom. The van der Waals surface area contributed by atoms with Gasteiger partial charge in [0, 0.05) is 11.8 Å². The molecular formula is C15H13FN6O2S. The van der Waals surface area contributed by atoms with Crippen molar-refractivity contribution in [3.05, 3.63) is 59.9 Å². The molecule has 128 valence electrons. The molecule has 8 nitrogen and oxygen atoms in total. The Balaban J connectivity index is 1.67. The van der Waals surface area contributed by atoms with Gasteiger partial charge in [0.2, 0.25) is 5.16 Å². The smallest absolute Gasteiger partial charge is 0.358 e. The quantitative estimate of drug-likeness (QED) is 0.380. The van der Waals surface area contributed by atoms with E-state index in [2.05, 4.69) is 25.1 Å². The predicted octanol–water partition coefficient (Wildman–Crippen LogP) is 2.03. The van der Waals surface area contributed by atoms with E-state index in [4.69, 9.17) is 0 Å². The SMILES string of the molecule is COC(=O)c1ccn(CSc2nncn2/N=C\c2ccccc2F)n1. The van der Waals surface area contributed by atoms with Gasteiger partial charge in [-0.15, -0.1) is 10.2 Å². The molecule has 10 heteroatoms. The van der Waals surface area contributed by atoms with Gasteiger partial charge in [0.15, 0.2) is 5.69 Å². The first-order valence-electron chi connectivity index (χ1n) is 7.11. The van der Waals surface area contributed by atoms with Crippen molar-refractivity contribution in [1.29, 1.82) is 0 Å². The first-order chi connectivity index (χ1) is 12.2.